The predicted octanol–water partition coefficient (Wildman–Crippen LogP) is -1.74. The van der Waals surface area contributed by atoms with Crippen LogP contribution in [0.5, 0.6) is 0 Å². The van der Waals surface area contributed by atoms with Gasteiger partial charge in [-0.25, -0.2) is 0 Å². The molecule has 0 aromatic rings. The van der Waals surface area contributed by atoms with Crippen molar-refractivity contribution in [3.63, 3.8) is 0 Å². The zero-order chi connectivity index (χ0) is 9.59. The van der Waals surface area contributed by atoms with Gasteiger partial charge in [-0.1, -0.05) is 0 Å². The number of fused-ring (bicyclic) bond motifs is 1. The molecule has 2 heterocycles. The topological polar surface area (TPSA) is 79.2 Å². The molecule has 0 bridgehead atoms. The van der Waals surface area contributed by atoms with Crippen LogP contribution in [0, 0.1) is 0 Å². The van der Waals surface area contributed by atoms with Crippen molar-refractivity contribution in [1.82, 2.24) is 0 Å². The lowest BCUT2D eigenvalue weighted by Crippen LogP contribution is -2.69. The second kappa shape index (κ2) is 3.18. The van der Waals surface area contributed by atoms with Gasteiger partial charge in [-0.05, 0) is 6.92 Å². The van der Waals surface area contributed by atoms with Crippen molar-refractivity contribution in [2.24, 2.45) is 0 Å². The molecule has 0 aromatic carbocycles. The summed E-state index contributed by atoms with van der Waals surface area (Å²) in [6.45, 7) is 1.55. The summed E-state index contributed by atoms with van der Waals surface area (Å²) in [4.78, 5) is 0. The highest BCUT2D eigenvalue weighted by molar-refractivity contribution is 5.00. The maximum atomic E-state index is 9.52. The van der Waals surface area contributed by atoms with Gasteiger partial charge in [0, 0.05) is 0 Å². The quantitative estimate of drug-likeness (QED) is 0.457. The van der Waals surface area contributed by atoms with Crippen molar-refractivity contribution in [2.45, 2.75) is 43.5 Å². The summed E-state index contributed by atoms with van der Waals surface area (Å²) >= 11 is 0. The first-order chi connectivity index (χ1) is 6.15. The summed E-state index contributed by atoms with van der Waals surface area (Å²) < 4.78 is 10.5. The zero-order valence-corrected chi connectivity index (χ0v) is 7.33. The summed E-state index contributed by atoms with van der Waals surface area (Å²) in [6.07, 6.45) is -3.40. The summed E-state index contributed by atoms with van der Waals surface area (Å²) in [5, 5.41) is 27.8. The Labute approximate surface area is 75.9 Å². The SMILES string of the molecule is CC1OC2C(O)C(O)C(CO)OC12. The standard InChI is InChI=1S/C8H14O5/c1-3-7-8(12-3)6(11)5(10)4(2-9)13-7/h3-11H,2H2,1H3. The normalized spacial score (nSPS) is 55.4. The van der Waals surface area contributed by atoms with Crippen LogP contribution in [-0.4, -0.2) is 58.6 Å². The molecule has 0 spiro atoms. The molecule has 2 rings (SSSR count). The third-order valence-corrected chi connectivity index (χ3v) is 2.74. The van der Waals surface area contributed by atoms with E-state index in [0.717, 1.165) is 0 Å². The Morgan fingerprint density at radius 2 is 1.77 bits per heavy atom. The molecular formula is C8H14O5. The molecule has 6 atom stereocenters. The smallest absolute Gasteiger partial charge is 0.115 e. The van der Waals surface area contributed by atoms with Crippen LogP contribution in [0.25, 0.3) is 0 Å². The van der Waals surface area contributed by atoms with Crippen LogP contribution < -0.4 is 0 Å². The fourth-order valence-electron chi connectivity index (χ4n) is 1.89. The van der Waals surface area contributed by atoms with Crippen molar-refractivity contribution >= 4 is 0 Å². The molecule has 0 radical (unpaired) electrons. The minimum absolute atomic E-state index is 0.0683. The number of aliphatic hydroxyl groups is 3. The Hall–Kier alpha value is -0.200. The molecule has 0 amide bonds. The van der Waals surface area contributed by atoms with Crippen LogP contribution in [0.15, 0.2) is 0 Å². The molecule has 6 unspecified atom stereocenters. The first-order valence-corrected chi connectivity index (χ1v) is 4.43. The Morgan fingerprint density at radius 3 is 2.31 bits per heavy atom. The lowest BCUT2D eigenvalue weighted by atomic mass is 9.88. The molecule has 3 N–H and O–H groups in total. The summed E-state index contributed by atoms with van der Waals surface area (Å²) in [5.41, 5.74) is 0. The highest BCUT2D eigenvalue weighted by Crippen LogP contribution is 2.34. The maximum absolute atomic E-state index is 9.52. The summed E-state index contributed by atoms with van der Waals surface area (Å²) in [5.74, 6) is 0. The molecule has 0 aromatic heterocycles. The molecule has 2 saturated heterocycles. The molecule has 0 saturated carbocycles. The highest BCUT2D eigenvalue weighted by Gasteiger charge is 2.53. The lowest BCUT2D eigenvalue weighted by molar-refractivity contribution is -0.332. The molecule has 76 valence electrons. The van der Waals surface area contributed by atoms with Crippen LogP contribution in [0.4, 0.5) is 0 Å². The molecular weight excluding hydrogens is 176 g/mol. The van der Waals surface area contributed by atoms with E-state index in [-0.39, 0.29) is 18.8 Å². The van der Waals surface area contributed by atoms with E-state index in [0.29, 0.717) is 0 Å². The Kier molecular flexibility index (Phi) is 2.29. The summed E-state index contributed by atoms with van der Waals surface area (Å²) in [7, 11) is 0. The third kappa shape index (κ3) is 1.28. The van der Waals surface area contributed by atoms with Gasteiger partial charge >= 0.3 is 0 Å². The molecule has 5 heteroatoms. The zero-order valence-electron chi connectivity index (χ0n) is 7.33. The fourth-order valence-corrected chi connectivity index (χ4v) is 1.89. The molecule has 2 aliphatic rings. The fraction of sp³-hybridized carbons (Fsp3) is 1.00. The van der Waals surface area contributed by atoms with Crippen molar-refractivity contribution in [2.75, 3.05) is 6.61 Å². The number of rotatable bonds is 1. The molecule has 13 heavy (non-hydrogen) atoms. The van der Waals surface area contributed by atoms with E-state index < -0.39 is 24.4 Å². The van der Waals surface area contributed by atoms with Crippen LogP contribution in [0.2, 0.25) is 0 Å². The van der Waals surface area contributed by atoms with Crippen molar-refractivity contribution in [1.29, 1.82) is 0 Å². The van der Waals surface area contributed by atoms with Crippen molar-refractivity contribution in [3.8, 4) is 0 Å². The van der Waals surface area contributed by atoms with Gasteiger partial charge in [-0.15, -0.1) is 0 Å². The monoisotopic (exact) mass is 190 g/mol. The second-order valence-electron chi connectivity index (χ2n) is 3.61. The van der Waals surface area contributed by atoms with Gasteiger partial charge < -0.3 is 24.8 Å². The van der Waals surface area contributed by atoms with Crippen LogP contribution in [0.1, 0.15) is 6.92 Å². The number of hydrogen-bond acceptors (Lipinski definition) is 5. The van der Waals surface area contributed by atoms with Crippen molar-refractivity contribution in [3.05, 3.63) is 0 Å². The van der Waals surface area contributed by atoms with E-state index in [4.69, 9.17) is 14.6 Å². The largest absolute Gasteiger partial charge is 0.394 e. The van der Waals surface area contributed by atoms with E-state index in [1.807, 2.05) is 6.92 Å². The highest BCUT2D eigenvalue weighted by atomic mass is 16.6. The van der Waals surface area contributed by atoms with Crippen LogP contribution in [-0.2, 0) is 9.47 Å². The van der Waals surface area contributed by atoms with Gasteiger partial charge in [0.05, 0.1) is 12.7 Å². The van der Waals surface area contributed by atoms with Gasteiger partial charge in [0.2, 0.25) is 0 Å². The van der Waals surface area contributed by atoms with Gasteiger partial charge in [-0.3, -0.25) is 0 Å². The number of aliphatic hydroxyl groups excluding tert-OH is 3. The third-order valence-electron chi connectivity index (χ3n) is 2.74. The van der Waals surface area contributed by atoms with Gasteiger partial charge in [0.15, 0.2) is 0 Å². The maximum Gasteiger partial charge on any atom is 0.115 e. The Morgan fingerprint density at radius 1 is 1.08 bits per heavy atom. The second-order valence-corrected chi connectivity index (χ2v) is 3.61. The van der Waals surface area contributed by atoms with E-state index >= 15 is 0 Å². The number of hydrogen-bond donors (Lipinski definition) is 3. The first kappa shape index (κ1) is 9.36. The van der Waals surface area contributed by atoms with Crippen molar-refractivity contribution < 1.29 is 24.8 Å². The van der Waals surface area contributed by atoms with Gasteiger partial charge in [-0.2, -0.15) is 0 Å². The van der Waals surface area contributed by atoms with E-state index in [2.05, 4.69) is 0 Å². The molecule has 0 aliphatic carbocycles. The average molecular weight is 190 g/mol. The average Bonchev–Trinajstić information content (AvgIpc) is 2.12. The van der Waals surface area contributed by atoms with E-state index in [1.54, 1.807) is 0 Å². The molecule has 2 aliphatic heterocycles. The summed E-state index contributed by atoms with van der Waals surface area (Å²) in [6, 6.07) is 0. The number of ether oxygens (including phenoxy) is 2. The first-order valence-electron chi connectivity index (χ1n) is 4.43. The molecule has 5 nitrogen and oxygen atoms in total. The van der Waals surface area contributed by atoms with Crippen LogP contribution >= 0.6 is 0 Å². The minimum Gasteiger partial charge on any atom is -0.394 e. The lowest BCUT2D eigenvalue weighted by Gasteiger charge is -2.51. The van der Waals surface area contributed by atoms with Crippen LogP contribution in [0.3, 0.4) is 0 Å². The minimum atomic E-state index is -1.06. The molecule has 2 fully saturated rings. The van der Waals surface area contributed by atoms with Gasteiger partial charge in [0.25, 0.3) is 0 Å². The van der Waals surface area contributed by atoms with E-state index in [1.165, 1.54) is 0 Å². The Bertz CT molecular complexity index is 187. The predicted molar refractivity (Wildman–Crippen MR) is 42.1 cm³/mol. The Balaban J connectivity index is 2.06. The van der Waals surface area contributed by atoms with Gasteiger partial charge in [0.1, 0.15) is 30.5 Å². The van der Waals surface area contributed by atoms with E-state index in [9.17, 15) is 10.2 Å².